The Bertz CT molecular complexity index is 854. The summed E-state index contributed by atoms with van der Waals surface area (Å²) in [6.45, 7) is 11.1. The van der Waals surface area contributed by atoms with E-state index < -0.39 is 24.0 Å². The van der Waals surface area contributed by atoms with E-state index in [1.165, 1.54) is 0 Å². The van der Waals surface area contributed by atoms with Gasteiger partial charge in [0.15, 0.2) is 11.5 Å². The summed E-state index contributed by atoms with van der Waals surface area (Å²) in [6, 6.07) is 5.11. The molecule has 6 N–H and O–H groups in total. The van der Waals surface area contributed by atoms with Crippen molar-refractivity contribution in [3.05, 3.63) is 23.8 Å². The third-order valence-corrected chi connectivity index (χ3v) is 7.02. The van der Waals surface area contributed by atoms with Crippen molar-refractivity contribution in [1.82, 2.24) is 5.32 Å². The molecule has 0 aliphatic carbocycles. The molecule has 0 aliphatic heterocycles. The average Bonchev–Trinajstić information content (AvgIpc) is 2.83. The lowest BCUT2D eigenvalue weighted by Gasteiger charge is -2.30. The number of amides is 2. The highest BCUT2D eigenvalue weighted by Gasteiger charge is 2.30. The van der Waals surface area contributed by atoms with Crippen molar-refractivity contribution in [2.75, 3.05) is 27.4 Å². The van der Waals surface area contributed by atoms with Crippen LogP contribution in [0.15, 0.2) is 18.2 Å². The van der Waals surface area contributed by atoms with Gasteiger partial charge in [0.25, 0.3) is 0 Å². The Morgan fingerprint density at radius 3 is 2.21 bits per heavy atom. The number of aliphatic hydroxyl groups is 1. The molecular formula is C29H52ClN3O6. The first-order valence-corrected chi connectivity index (χ1v) is 13.7. The van der Waals surface area contributed by atoms with Crippen LogP contribution in [0.1, 0.15) is 65.9 Å². The van der Waals surface area contributed by atoms with Crippen LogP contribution in [0.4, 0.5) is 0 Å². The summed E-state index contributed by atoms with van der Waals surface area (Å²) in [5, 5.41) is 13.8. The first-order valence-electron chi connectivity index (χ1n) is 13.7. The van der Waals surface area contributed by atoms with Gasteiger partial charge >= 0.3 is 0 Å². The number of carbonyl (C=O) groups excluding carboxylic acids is 2. The summed E-state index contributed by atoms with van der Waals surface area (Å²) in [5.41, 5.74) is 12.8. The lowest BCUT2D eigenvalue weighted by molar-refractivity contribution is -0.128. The standard InChI is InChI=1S/C29H51N3O6.ClH/c1-18(2)22(14-21-9-10-26(37-7)27(15-21)38-12-8-11-36-6)16-24(30)25(33)17-23(19(3)4)29(35)32-20(5)13-28(31)34;/h9-10,15,18-20,22-25,33H,8,11-14,16-17,30H2,1-7H3,(H2,31,34)(H,32,35);1H/t20?,22-,23-,24-,25-;/m0./s1. The fraction of sp³-hybridized carbons (Fsp3) is 0.724. The fourth-order valence-electron chi connectivity index (χ4n) is 4.57. The molecule has 1 aromatic carbocycles. The number of ether oxygens (including phenoxy) is 3. The first-order chi connectivity index (χ1) is 17.9. The van der Waals surface area contributed by atoms with Gasteiger partial charge in [-0.1, -0.05) is 33.8 Å². The summed E-state index contributed by atoms with van der Waals surface area (Å²) in [5.74, 6) is 0.839. The van der Waals surface area contributed by atoms with E-state index in [0.29, 0.717) is 37.1 Å². The number of hydrogen-bond donors (Lipinski definition) is 4. The highest BCUT2D eigenvalue weighted by Crippen LogP contribution is 2.31. The van der Waals surface area contributed by atoms with Crippen LogP contribution in [0.25, 0.3) is 0 Å². The number of nitrogens with one attached hydrogen (secondary N) is 1. The van der Waals surface area contributed by atoms with Crippen LogP contribution in [-0.2, 0) is 20.7 Å². The molecule has 0 fully saturated rings. The number of methoxy groups -OCH3 is 2. The Morgan fingerprint density at radius 2 is 1.67 bits per heavy atom. The minimum absolute atomic E-state index is 0. The quantitative estimate of drug-likeness (QED) is 0.185. The van der Waals surface area contributed by atoms with Crippen molar-refractivity contribution >= 4 is 24.2 Å². The SMILES string of the molecule is COCCCOc1cc(C[C@@H](C[C@H](N)[C@@H](O)C[C@H](C(=O)NC(C)CC(N)=O)C(C)C)C(C)C)ccc1OC.Cl. The molecule has 226 valence electrons. The molecule has 1 rings (SSSR count). The molecular weight excluding hydrogens is 522 g/mol. The minimum atomic E-state index is -0.837. The average molecular weight is 574 g/mol. The van der Waals surface area contributed by atoms with E-state index >= 15 is 0 Å². The number of benzene rings is 1. The molecule has 39 heavy (non-hydrogen) atoms. The van der Waals surface area contributed by atoms with Crippen LogP contribution in [0.5, 0.6) is 11.5 Å². The topological polar surface area (TPSA) is 146 Å². The number of carbonyl (C=O) groups is 2. The van der Waals surface area contributed by atoms with E-state index in [2.05, 4.69) is 19.2 Å². The summed E-state index contributed by atoms with van der Waals surface area (Å²) < 4.78 is 16.5. The second-order valence-electron chi connectivity index (χ2n) is 11.0. The lowest BCUT2D eigenvalue weighted by atomic mass is 9.80. The van der Waals surface area contributed by atoms with Gasteiger partial charge in [-0.15, -0.1) is 12.4 Å². The van der Waals surface area contributed by atoms with E-state index in [4.69, 9.17) is 25.7 Å². The van der Waals surface area contributed by atoms with Crippen molar-refractivity contribution < 1.29 is 28.9 Å². The Morgan fingerprint density at radius 1 is 1.00 bits per heavy atom. The van der Waals surface area contributed by atoms with Crippen LogP contribution >= 0.6 is 12.4 Å². The predicted molar refractivity (Wildman–Crippen MR) is 157 cm³/mol. The third kappa shape index (κ3) is 13.7. The van der Waals surface area contributed by atoms with Crippen molar-refractivity contribution in [1.29, 1.82) is 0 Å². The normalized spacial score (nSPS) is 15.2. The predicted octanol–water partition coefficient (Wildman–Crippen LogP) is 3.47. The molecule has 0 saturated heterocycles. The minimum Gasteiger partial charge on any atom is -0.493 e. The smallest absolute Gasteiger partial charge is 0.223 e. The molecule has 5 atom stereocenters. The second-order valence-corrected chi connectivity index (χ2v) is 11.0. The van der Waals surface area contributed by atoms with E-state index in [9.17, 15) is 14.7 Å². The molecule has 10 heteroatoms. The molecule has 1 aromatic rings. The fourth-order valence-corrected chi connectivity index (χ4v) is 4.57. The molecule has 9 nitrogen and oxygen atoms in total. The van der Waals surface area contributed by atoms with E-state index in [1.54, 1.807) is 21.1 Å². The van der Waals surface area contributed by atoms with Gasteiger partial charge in [0, 0.05) is 44.6 Å². The van der Waals surface area contributed by atoms with Crippen LogP contribution in [0.2, 0.25) is 0 Å². The van der Waals surface area contributed by atoms with Gasteiger partial charge in [0.1, 0.15) is 0 Å². The maximum absolute atomic E-state index is 12.9. The number of rotatable bonds is 19. The summed E-state index contributed by atoms with van der Waals surface area (Å²) in [4.78, 5) is 24.0. The summed E-state index contributed by atoms with van der Waals surface area (Å²) >= 11 is 0. The van der Waals surface area contributed by atoms with Crippen molar-refractivity contribution in [2.45, 2.75) is 84.9 Å². The molecule has 0 saturated carbocycles. The zero-order chi connectivity index (χ0) is 28.8. The van der Waals surface area contributed by atoms with Gasteiger partial charge in [0.2, 0.25) is 11.8 Å². The molecule has 2 amide bonds. The van der Waals surface area contributed by atoms with E-state index in [0.717, 1.165) is 18.4 Å². The van der Waals surface area contributed by atoms with E-state index in [1.807, 2.05) is 32.0 Å². The summed E-state index contributed by atoms with van der Waals surface area (Å²) in [7, 11) is 3.29. The third-order valence-electron chi connectivity index (χ3n) is 7.02. The monoisotopic (exact) mass is 573 g/mol. The Kier molecular flexibility index (Phi) is 18.1. The molecule has 0 bridgehead atoms. The second kappa shape index (κ2) is 19.1. The number of aliphatic hydroxyl groups excluding tert-OH is 1. The molecule has 0 aliphatic rings. The van der Waals surface area contributed by atoms with Crippen molar-refractivity contribution in [2.24, 2.45) is 35.1 Å². The van der Waals surface area contributed by atoms with Gasteiger partial charge < -0.3 is 36.1 Å². The Balaban J connectivity index is 0.0000144. The zero-order valence-corrected chi connectivity index (χ0v) is 25.6. The highest BCUT2D eigenvalue weighted by atomic mass is 35.5. The van der Waals surface area contributed by atoms with Crippen molar-refractivity contribution in [3.63, 3.8) is 0 Å². The van der Waals surface area contributed by atoms with Gasteiger partial charge in [-0.3, -0.25) is 9.59 Å². The molecule has 0 spiro atoms. The largest absolute Gasteiger partial charge is 0.493 e. The van der Waals surface area contributed by atoms with E-state index in [-0.39, 0.29) is 49.0 Å². The van der Waals surface area contributed by atoms with Gasteiger partial charge in [-0.05, 0) is 61.6 Å². The highest BCUT2D eigenvalue weighted by molar-refractivity contribution is 5.85. The molecule has 1 unspecified atom stereocenters. The number of hydrogen-bond acceptors (Lipinski definition) is 7. The van der Waals surface area contributed by atoms with Crippen molar-refractivity contribution in [3.8, 4) is 11.5 Å². The van der Waals surface area contributed by atoms with Crippen LogP contribution in [-0.4, -0.2) is 62.5 Å². The number of nitrogens with two attached hydrogens (primary N) is 2. The maximum atomic E-state index is 12.9. The Hall–Kier alpha value is -2.07. The van der Waals surface area contributed by atoms with Crippen LogP contribution in [0, 0.1) is 23.7 Å². The molecule has 0 radical (unpaired) electrons. The zero-order valence-electron chi connectivity index (χ0n) is 24.8. The Labute approximate surface area is 241 Å². The summed E-state index contributed by atoms with van der Waals surface area (Å²) in [6.07, 6.45) is 1.65. The van der Waals surface area contributed by atoms with Gasteiger partial charge in [0.05, 0.1) is 19.8 Å². The number of halogens is 1. The van der Waals surface area contributed by atoms with Gasteiger partial charge in [-0.2, -0.15) is 0 Å². The molecule has 0 heterocycles. The van der Waals surface area contributed by atoms with Crippen LogP contribution < -0.4 is 26.3 Å². The van der Waals surface area contributed by atoms with Crippen LogP contribution in [0.3, 0.4) is 0 Å². The van der Waals surface area contributed by atoms with Gasteiger partial charge in [-0.25, -0.2) is 0 Å². The maximum Gasteiger partial charge on any atom is 0.223 e. The first kappa shape index (κ1) is 36.9. The number of primary amides is 1. The lowest BCUT2D eigenvalue weighted by Crippen LogP contribution is -2.45. The molecule has 0 aromatic heterocycles.